The fourth-order valence-corrected chi connectivity index (χ4v) is 2.83. The molecular formula is C17H22N2O3. The average molecular weight is 302 g/mol. The molecule has 0 spiro atoms. The number of nitrogens with zero attached hydrogens (tertiary/aromatic N) is 1. The number of carbonyl (C=O) groups is 2. The number of amides is 2. The largest absolute Gasteiger partial charge is 0.497 e. The summed E-state index contributed by atoms with van der Waals surface area (Å²) in [6, 6.07) is 7.65. The number of urea groups is 1. The number of likely N-dealkylation sites (tertiary alicyclic amines) is 1. The summed E-state index contributed by atoms with van der Waals surface area (Å²) in [6.07, 6.45) is 3.67. The van der Waals surface area contributed by atoms with E-state index in [2.05, 4.69) is 5.32 Å². The minimum atomic E-state index is 0.0124. The van der Waals surface area contributed by atoms with Crippen molar-refractivity contribution in [3.05, 3.63) is 29.8 Å². The first kappa shape index (κ1) is 14.9. The van der Waals surface area contributed by atoms with Gasteiger partial charge < -0.3 is 15.0 Å². The molecule has 0 bridgehead atoms. The highest BCUT2D eigenvalue weighted by Crippen LogP contribution is 2.24. The molecule has 118 valence electrons. The highest BCUT2D eigenvalue weighted by Gasteiger charge is 2.30. The molecular weight excluding hydrogens is 280 g/mol. The number of ether oxygens (including phenoxy) is 1. The normalized spacial score (nSPS) is 18.9. The van der Waals surface area contributed by atoms with Gasteiger partial charge in [0.25, 0.3) is 0 Å². The van der Waals surface area contributed by atoms with Crippen molar-refractivity contribution < 1.29 is 14.3 Å². The van der Waals surface area contributed by atoms with E-state index < -0.39 is 0 Å². The molecule has 2 fully saturated rings. The Balaban J connectivity index is 1.53. The highest BCUT2D eigenvalue weighted by atomic mass is 16.5. The average Bonchev–Trinajstić information content (AvgIpc) is 3.38. The van der Waals surface area contributed by atoms with Crippen LogP contribution in [0.2, 0.25) is 0 Å². The Kier molecular flexibility index (Phi) is 4.32. The van der Waals surface area contributed by atoms with Crippen molar-refractivity contribution in [2.24, 2.45) is 5.92 Å². The molecule has 2 amide bonds. The SMILES string of the molecule is COc1ccc(C(=O)C2CCN(C(=O)NC3CC3)CC2)cc1. The summed E-state index contributed by atoms with van der Waals surface area (Å²) >= 11 is 0. The van der Waals surface area contributed by atoms with E-state index in [9.17, 15) is 9.59 Å². The molecule has 5 heteroatoms. The summed E-state index contributed by atoms with van der Waals surface area (Å²) in [5.74, 6) is 0.936. The Morgan fingerprint density at radius 2 is 1.73 bits per heavy atom. The Hall–Kier alpha value is -2.04. The molecule has 1 saturated heterocycles. The van der Waals surface area contributed by atoms with E-state index >= 15 is 0 Å². The standard InChI is InChI=1S/C17H22N2O3/c1-22-15-6-2-12(3-7-15)16(20)13-8-10-19(11-9-13)17(21)18-14-4-5-14/h2-3,6-7,13-14H,4-5,8-11H2,1H3,(H,18,21). The number of Topliss-reactive ketones (excluding diaryl/α,β-unsaturated/α-hetero) is 1. The van der Waals surface area contributed by atoms with Gasteiger partial charge in [-0.1, -0.05) is 0 Å². The summed E-state index contributed by atoms with van der Waals surface area (Å²) in [5, 5.41) is 3.00. The van der Waals surface area contributed by atoms with Crippen molar-refractivity contribution >= 4 is 11.8 Å². The highest BCUT2D eigenvalue weighted by molar-refractivity contribution is 5.98. The monoisotopic (exact) mass is 302 g/mol. The van der Waals surface area contributed by atoms with E-state index in [4.69, 9.17) is 4.74 Å². The zero-order chi connectivity index (χ0) is 15.5. The molecule has 5 nitrogen and oxygen atoms in total. The first-order valence-corrected chi connectivity index (χ1v) is 7.91. The molecule has 1 aromatic carbocycles. The van der Waals surface area contributed by atoms with Crippen LogP contribution >= 0.6 is 0 Å². The van der Waals surface area contributed by atoms with Gasteiger partial charge in [0.05, 0.1) is 7.11 Å². The van der Waals surface area contributed by atoms with Gasteiger partial charge in [-0.15, -0.1) is 0 Å². The van der Waals surface area contributed by atoms with Crippen LogP contribution in [0, 0.1) is 5.92 Å². The quantitative estimate of drug-likeness (QED) is 0.869. The molecule has 0 radical (unpaired) electrons. The van der Waals surface area contributed by atoms with Gasteiger partial charge in [0.1, 0.15) is 5.75 Å². The van der Waals surface area contributed by atoms with Crippen molar-refractivity contribution in [3.8, 4) is 5.75 Å². The second-order valence-corrected chi connectivity index (χ2v) is 6.08. The van der Waals surface area contributed by atoms with Crippen LogP contribution in [-0.4, -0.2) is 43.0 Å². The molecule has 2 aliphatic rings. The van der Waals surface area contributed by atoms with Gasteiger partial charge in [0, 0.05) is 30.6 Å². The van der Waals surface area contributed by atoms with E-state index in [-0.39, 0.29) is 17.7 Å². The molecule has 0 atom stereocenters. The van der Waals surface area contributed by atoms with Crippen LogP contribution in [0.5, 0.6) is 5.75 Å². The predicted molar refractivity (Wildman–Crippen MR) is 83.2 cm³/mol. The number of benzene rings is 1. The van der Waals surface area contributed by atoms with Gasteiger partial charge in [0.2, 0.25) is 0 Å². The first-order valence-electron chi connectivity index (χ1n) is 7.91. The number of methoxy groups -OCH3 is 1. The maximum absolute atomic E-state index is 12.5. The Morgan fingerprint density at radius 1 is 1.09 bits per heavy atom. The molecule has 0 unspecified atom stereocenters. The van der Waals surface area contributed by atoms with E-state index in [0.717, 1.165) is 37.0 Å². The van der Waals surface area contributed by atoms with Gasteiger partial charge in [-0.05, 0) is 49.9 Å². The van der Waals surface area contributed by atoms with Crippen LogP contribution in [0.25, 0.3) is 0 Å². The second kappa shape index (κ2) is 6.38. The van der Waals surface area contributed by atoms with Crippen LogP contribution in [0.4, 0.5) is 4.79 Å². The first-order chi connectivity index (χ1) is 10.7. The lowest BCUT2D eigenvalue weighted by Crippen LogP contribution is -2.46. The minimum Gasteiger partial charge on any atom is -0.497 e. The van der Waals surface area contributed by atoms with Crippen molar-refractivity contribution in [3.63, 3.8) is 0 Å². The molecule has 1 saturated carbocycles. The smallest absolute Gasteiger partial charge is 0.317 e. The lowest BCUT2D eigenvalue weighted by molar-refractivity contribution is 0.0854. The van der Waals surface area contributed by atoms with E-state index in [1.54, 1.807) is 7.11 Å². The molecule has 1 N–H and O–H groups in total. The molecule has 0 aromatic heterocycles. The lowest BCUT2D eigenvalue weighted by atomic mass is 9.89. The molecule has 22 heavy (non-hydrogen) atoms. The third kappa shape index (κ3) is 3.40. The summed E-state index contributed by atoms with van der Waals surface area (Å²) in [7, 11) is 1.61. The zero-order valence-electron chi connectivity index (χ0n) is 12.9. The van der Waals surface area contributed by atoms with Crippen molar-refractivity contribution in [1.29, 1.82) is 0 Å². The molecule has 3 rings (SSSR count). The Bertz CT molecular complexity index is 544. The molecule has 1 aliphatic carbocycles. The van der Waals surface area contributed by atoms with Crippen LogP contribution in [-0.2, 0) is 0 Å². The van der Waals surface area contributed by atoms with Crippen LogP contribution < -0.4 is 10.1 Å². The van der Waals surface area contributed by atoms with Gasteiger partial charge >= 0.3 is 6.03 Å². The summed E-state index contributed by atoms with van der Waals surface area (Å²) in [6.45, 7) is 1.32. The maximum atomic E-state index is 12.5. The van der Waals surface area contributed by atoms with E-state index in [0.29, 0.717) is 19.1 Å². The number of carbonyl (C=O) groups excluding carboxylic acids is 2. The van der Waals surface area contributed by atoms with E-state index in [1.807, 2.05) is 29.2 Å². The third-order valence-corrected chi connectivity index (χ3v) is 4.43. The number of ketones is 1. The maximum Gasteiger partial charge on any atom is 0.317 e. The fourth-order valence-electron chi connectivity index (χ4n) is 2.83. The molecule has 1 aliphatic heterocycles. The zero-order valence-corrected chi connectivity index (χ0v) is 12.9. The second-order valence-electron chi connectivity index (χ2n) is 6.08. The third-order valence-electron chi connectivity index (χ3n) is 4.43. The topological polar surface area (TPSA) is 58.6 Å². The van der Waals surface area contributed by atoms with E-state index in [1.165, 1.54) is 0 Å². The number of hydrogen-bond acceptors (Lipinski definition) is 3. The molecule has 1 heterocycles. The number of nitrogens with one attached hydrogen (secondary N) is 1. The Labute approximate surface area is 130 Å². The van der Waals surface area contributed by atoms with Crippen LogP contribution in [0.15, 0.2) is 24.3 Å². The number of hydrogen-bond donors (Lipinski definition) is 1. The Morgan fingerprint density at radius 3 is 2.27 bits per heavy atom. The van der Waals surface area contributed by atoms with Gasteiger partial charge in [-0.2, -0.15) is 0 Å². The van der Waals surface area contributed by atoms with Gasteiger partial charge in [0.15, 0.2) is 5.78 Å². The number of rotatable bonds is 4. The lowest BCUT2D eigenvalue weighted by Gasteiger charge is -2.31. The summed E-state index contributed by atoms with van der Waals surface area (Å²) in [5.41, 5.74) is 0.724. The van der Waals surface area contributed by atoms with Crippen LogP contribution in [0.3, 0.4) is 0 Å². The molecule has 1 aromatic rings. The summed E-state index contributed by atoms with van der Waals surface area (Å²) in [4.78, 5) is 26.3. The van der Waals surface area contributed by atoms with Gasteiger partial charge in [-0.25, -0.2) is 4.79 Å². The predicted octanol–water partition coefficient (Wildman–Crippen LogP) is 2.46. The fraction of sp³-hybridized carbons (Fsp3) is 0.529. The van der Waals surface area contributed by atoms with Crippen molar-refractivity contribution in [2.75, 3.05) is 20.2 Å². The van der Waals surface area contributed by atoms with Crippen LogP contribution in [0.1, 0.15) is 36.0 Å². The minimum absolute atomic E-state index is 0.0124. The van der Waals surface area contributed by atoms with Crippen molar-refractivity contribution in [2.45, 2.75) is 31.7 Å². The van der Waals surface area contributed by atoms with Crippen molar-refractivity contribution in [1.82, 2.24) is 10.2 Å². The van der Waals surface area contributed by atoms with Gasteiger partial charge in [-0.3, -0.25) is 4.79 Å². The summed E-state index contributed by atoms with van der Waals surface area (Å²) < 4.78 is 5.11. The number of piperidine rings is 1.